The van der Waals surface area contributed by atoms with E-state index in [1.54, 1.807) is 0 Å². The summed E-state index contributed by atoms with van der Waals surface area (Å²) in [5.74, 6) is 2.04. The second kappa shape index (κ2) is 4.47. The molecule has 0 saturated heterocycles. The van der Waals surface area contributed by atoms with Gasteiger partial charge in [0.15, 0.2) is 0 Å². The molecule has 0 unspecified atom stereocenters. The van der Waals surface area contributed by atoms with Crippen molar-refractivity contribution in [2.45, 2.75) is 26.3 Å². The maximum atomic E-state index is 5.67. The fraction of sp³-hybridized carbons (Fsp3) is 0.500. The number of nitrogens with zero attached hydrogens (tertiary/aromatic N) is 2. The van der Waals surface area contributed by atoms with E-state index in [1.807, 2.05) is 12.4 Å². The second-order valence-electron chi connectivity index (χ2n) is 3.45. The summed E-state index contributed by atoms with van der Waals surface area (Å²) in [6.07, 6.45) is 3.78. The summed E-state index contributed by atoms with van der Waals surface area (Å²) >= 11 is 5.67. The smallest absolute Gasteiger partial charge is 0.111 e. The zero-order valence-electron chi connectivity index (χ0n) is 8.13. The molecule has 0 aliphatic heterocycles. The molecule has 1 aromatic rings. The minimum absolute atomic E-state index is 0.443. The molecule has 1 aromatic heterocycles. The van der Waals surface area contributed by atoms with Crippen LogP contribution >= 0.6 is 11.6 Å². The molecule has 0 aliphatic carbocycles. The molecule has 0 aliphatic rings. The number of rotatable bonds is 4. The first-order valence-corrected chi connectivity index (χ1v) is 4.92. The van der Waals surface area contributed by atoms with E-state index in [-0.39, 0.29) is 0 Å². The third-order valence-electron chi connectivity index (χ3n) is 1.85. The Bertz CT molecular complexity index is 289. The van der Waals surface area contributed by atoms with Gasteiger partial charge in [-0.05, 0) is 5.57 Å². The highest BCUT2D eigenvalue weighted by atomic mass is 35.5. The molecule has 0 spiro atoms. The Morgan fingerprint density at radius 3 is 2.92 bits per heavy atom. The third-order valence-corrected chi connectivity index (χ3v) is 2.22. The number of hydrogen-bond donors (Lipinski definition) is 0. The Hall–Kier alpha value is -0.760. The average Bonchev–Trinajstić information content (AvgIpc) is 2.52. The Labute approximate surface area is 84.2 Å². The molecule has 72 valence electrons. The number of aromatic nitrogens is 2. The molecule has 3 heteroatoms. The number of allylic oxidation sites excluding steroid dienone is 1. The Balaban J connectivity index is 2.76. The van der Waals surface area contributed by atoms with Gasteiger partial charge in [0.1, 0.15) is 5.82 Å². The predicted octanol–water partition coefficient (Wildman–Crippen LogP) is 2.80. The standard InChI is InChI=1S/C10H15ClN2/c1-8(2)10-12-4-5-13(10)7-9(3)6-11/h4-5,8H,3,6-7H2,1-2H3. The van der Waals surface area contributed by atoms with E-state index in [0.717, 1.165) is 17.9 Å². The van der Waals surface area contributed by atoms with Crippen molar-refractivity contribution in [3.05, 3.63) is 30.4 Å². The quantitative estimate of drug-likeness (QED) is 0.538. The fourth-order valence-electron chi connectivity index (χ4n) is 1.24. The van der Waals surface area contributed by atoms with Gasteiger partial charge in [0, 0.05) is 30.7 Å². The van der Waals surface area contributed by atoms with Gasteiger partial charge in [-0.3, -0.25) is 0 Å². The number of imidazole rings is 1. The van der Waals surface area contributed by atoms with Gasteiger partial charge in [0.05, 0.1) is 0 Å². The van der Waals surface area contributed by atoms with Gasteiger partial charge in [-0.25, -0.2) is 4.98 Å². The molecule has 0 atom stereocenters. The third kappa shape index (κ3) is 2.59. The molecule has 0 saturated carbocycles. The average molecular weight is 199 g/mol. The van der Waals surface area contributed by atoms with Crippen LogP contribution in [0.15, 0.2) is 24.5 Å². The molecule has 0 N–H and O–H groups in total. The Morgan fingerprint density at radius 1 is 1.69 bits per heavy atom. The highest BCUT2D eigenvalue weighted by molar-refractivity contribution is 6.19. The summed E-state index contributed by atoms with van der Waals surface area (Å²) in [6.45, 7) is 8.90. The number of alkyl halides is 1. The molecule has 0 amide bonds. The first-order valence-electron chi connectivity index (χ1n) is 4.38. The minimum atomic E-state index is 0.443. The van der Waals surface area contributed by atoms with Gasteiger partial charge in [-0.2, -0.15) is 0 Å². The summed E-state index contributed by atoms with van der Waals surface area (Å²) in [6, 6.07) is 0. The molecule has 2 nitrogen and oxygen atoms in total. The van der Waals surface area contributed by atoms with E-state index in [0.29, 0.717) is 11.8 Å². The van der Waals surface area contributed by atoms with Crippen molar-refractivity contribution in [1.82, 2.24) is 9.55 Å². The highest BCUT2D eigenvalue weighted by Crippen LogP contribution is 2.13. The van der Waals surface area contributed by atoms with Gasteiger partial charge in [0.2, 0.25) is 0 Å². The topological polar surface area (TPSA) is 17.8 Å². The maximum absolute atomic E-state index is 5.67. The lowest BCUT2D eigenvalue weighted by Gasteiger charge is -2.10. The van der Waals surface area contributed by atoms with Crippen molar-refractivity contribution in [2.24, 2.45) is 0 Å². The van der Waals surface area contributed by atoms with Crippen LogP contribution in [0.4, 0.5) is 0 Å². The van der Waals surface area contributed by atoms with Crippen LogP contribution in [0.5, 0.6) is 0 Å². The molecular weight excluding hydrogens is 184 g/mol. The second-order valence-corrected chi connectivity index (χ2v) is 3.72. The predicted molar refractivity (Wildman–Crippen MR) is 56.2 cm³/mol. The summed E-state index contributed by atoms with van der Waals surface area (Å²) in [5, 5.41) is 0. The van der Waals surface area contributed by atoms with Gasteiger partial charge >= 0.3 is 0 Å². The van der Waals surface area contributed by atoms with Crippen LogP contribution in [-0.2, 0) is 6.54 Å². The molecule has 1 rings (SSSR count). The molecule has 0 radical (unpaired) electrons. The van der Waals surface area contributed by atoms with Gasteiger partial charge in [0.25, 0.3) is 0 Å². The Morgan fingerprint density at radius 2 is 2.38 bits per heavy atom. The van der Waals surface area contributed by atoms with Crippen LogP contribution in [0, 0.1) is 0 Å². The normalized spacial score (nSPS) is 10.8. The van der Waals surface area contributed by atoms with Crippen LogP contribution in [0.25, 0.3) is 0 Å². The van der Waals surface area contributed by atoms with Crippen LogP contribution in [0.3, 0.4) is 0 Å². The van der Waals surface area contributed by atoms with Crippen molar-refractivity contribution >= 4 is 11.6 Å². The molecule has 0 aromatic carbocycles. The molecule has 1 heterocycles. The zero-order valence-corrected chi connectivity index (χ0v) is 8.88. The van der Waals surface area contributed by atoms with E-state index in [2.05, 4.69) is 30.0 Å². The van der Waals surface area contributed by atoms with Crippen molar-refractivity contribution in [3.8, 4) is 0 Å². The van der Waals surface area contributed by atoms with Crippen molar-refractivity contribution in [2.75, 3.05) is 5.88 Å². The van der Waals surface area contributed by atoms with E-state index in [1.165, 1.54) is 0 Å². The molecule has 0 fully saturated rings. The summed E-state index contributed by atoms with van der Waals surface area (Å²) < 4.78 is 2.09. The van der Waals surface area contributed by atoms with E-state index in [9.17, 15) is 0 Å². The van der Waals surface area contributed by atoms with E-state index >= 15 is 0 Å². The molecule has 0 bridgehead atoms. The summed E-state index contributed by atoms with van der Waals surface area (Å²) in [4.78, 5) is 4.28. The fourth-order valence-corrected chi connectivity index (χ4v) is 1.32. The largest absolute Gasteiger partial charge is 0.331 e. The van der Waals surface area contributed by atoms with Crippen LogP contribution in [-0.4, -0.2) is 15.4 Å². The summed E-state index contributed by atoms with van der Waals surface area (Å²) in [5.41, 5.74) is 1.02. The first kappa shape index (κ1) is 10.3. The van der Waals surface area contributed by atoms with Crippen molar-refractivity contribution in [3.63, 3.8) is 0 Å². The van der Waals surface area contributed by atoms with Gasteiger partial charge in [-0.1, -0.05) is 20.4 Å². The lowest BCUT2D eigenvalue weighted by atomic mass is 10.2. The summed E-state index contributed by atoms with van der Waals surface area (Å²) in [7, 11) is 0. The van der Waals surface area contributed by atoms with E-state index in [4.69, 9.17) is 11.6 Å². The maximum Gasteiger partial charge on any atom is 0.111 e. The first-order chi connectivity index (χ1) is 6.15. The lowest BCUT2D eigenvalue weighted by molar-refractivity contribution is 0.665. The SMILES string of the molecule is C=C(CCl)Cn1ccnc1C(C)C. The highest BCUT2D eigenvalue weighted by Gasteiger charge is 2.06. The van der Waals surface area contributed by atoms with Gasteiger partial charge in [-0.15, -0.1) is 11.6 Å². The van der Waals surface area contributed by atoms with Crippen LogP contribution in [0.1, 0.15) is 25.6 Å². The zero-order chi connectivity index (χ0) is 9.84. The minimum Gasteiger partial charge on any atom is -0.331 e. The Kier molecular flexibility index (Phi) is 3.55. The number of halogens is 1. The molecular formula is C10H15ClN2. The van der Waals surface area contributed by atoms with Crippen LogP contribution < -0.4 is 0 Å². The lowest BCUT2D eigenvalue weighted by Crippen LogP contribution is -2.06. The van der Waals surface area contributed by atoms with E-state index < -0.39 is 0 Å². The van der Waals surface area contributed by atoms with Crippen molar-refractivity contribution in [1.29, 1.82) is 0 Å². The van der Waals surface area contributed by atoms with Crippen molar-refractivity contribution < 1.29 is 0 Å². The van der Waals surface area contributed by atoms with Crippen LogP contribution in [0.2, 0.25) is 0 Å². The van der Waals surface area contributed by atoms with Gasteiger partial charge < -0.3 is 4.57 Å². The molecule has 13 heavy (non-hydrogen) atoms. The monoisotopic (exact) mass is 198 g/mol. The number of hydrogen-bond acceptors (Lipinski definition) is 1.